The number of rotatable bonds is 5. The molecule has 0 aliphatic rings. The lowest BCUT2D eigenvalue weighted by Crippen LogP contribution is -2.29. The summed E-state index contributed by atoms with van der Waals surface area (Å²) in [5.74, 6) is -0.238. The molecule has 0 bridgehead atoms. The minimum atomic E-state index is -0.605. The molecule has 0 aromatic heterocycles. The Morgan fingerprint density at radius 2 is 2.00 bits per heavy atom. The molecule has 6 heteroatoms. The molecule has 0 unspecified atom stereocenters. The quantitative estimate of drug-likeness (QED) is 0.535. The minimum absolute atomic E-state index is 0.0243. The Labute approximate surface area is 93.4 Å². The summed E-state index contributed by atoms with van der Waals surface area (Å²) in [4.78, 5) is 22.3. The average Bonchev–Trinajstić information content (AvgIpc) is 2.14. The van der Waals surface area contributed by atoms with Gasteiger partial charge < -0.3 is 15.8 Å². The largest absolute Gasteiger partial charge is 0.461 e. The van der Waals surface area contributed by atoms with Crippen molar-refractivity contribution < 1.29 is 14.3 Å². The molecule has 0 aliphatic heterocycles. The third-order valence-electron chi connectivity index (χ3n) is 1.33. The highest BCUT2D eigenvalue weighted by Crippen LogP contribution is 2.13. The number of esters is 1. The van der Waals surface area contributed by atoms with Gasteiger partial charge in [0.2, 0.25) is 5.91 Å². The maximum Gasteiger partial charge on any atom is 0.357 e. The van der Waals surface area contributed by atoms with Crippen molar-refractivity contribution in [1.29, 1.82) is 0 Å². The van der Waals surface area contributed by atoms with Gasteiger partial charge in [-0.15, -0.1) is 11.8 Å². The highest BCUT2D eigenvalue weighted by molar-refractivity contribution is 8.03. The van der Waals surface area contributed by atoms with E-state index in [9.17, 15) is 9.59 Å². The number of hydrogen-bond donors (Lipinski definition) is 2. The molecule has 5 nitrogen and oxygen atoms in total. The standard InChI is InChI=1S/C9H16N2O3S/c1-4-14-9(13)7(11-6(3)12)8(10)15-5-2/h4-5,10H2,1-3H3,(H,11,12)/b8-7+. The first-order chi connectivity index (χ1) is 7.02. The van der Waals surface area contributed by atoms with Crippen molar-refractivity contribution in [1.82, 2.24) is 5.32 Å². The molecule has 0 spiro atoms. The van der Waals surface area contributed by atoms with Crippen molar-refractivity contribution >= 4 is 23.6 Å². The molecule has 0 heterocycles. The lowest BCUT2D eigenvalue weighted by atomic mass is 10.4. The van der Waals surface area contributed by atoms with Gasteiger partial charge in [0.25, 0.3) is 0 Å². The average molecular weight is 232 g/mol. The predicted molar refractivity (Wildman–Crippen MR) is 59.8 cm³/mol. The number of ether oxygens (including phenoxy) is 1. The van der Waals surface area contributed by atoms with Gasteiger partial charge in [0.1, 0.15) is 0 Å². The van der Waals surface area contributed by atoms with Crippen LogP contribution in [0.2, 0.25) is 0 Å². The van der Waals surface area contributed by atoms with Crippen LogP contribution in [0.4, 0.5) is 0 Å². The molecule has 0 radical (unpaired) electrons. The minimum Gasteiger partial charge on any atom is -0.461 e. The molecule has 3 N–H and O–H groups in total. The van der Waals surface area contributed by atoms with Gasteiger partial charge in [-0.3, -0.25) is 4.79 Å². The number of nitrogens with one attached hydrogen (secondary N) is 1. The number of carbonyl (C=O) groups excluding carboxylic acids is 2. The summed E-state index contributed by atoms with van der Waals surface area (Å²) >= 11 is 1.28. The fraction of sp³-hybridized carbons (Fsp3) is 0.556. The zero-order valence-electron chi connectivity index (χ0n) is 9.12. The first-order valence-corrected chi connectivity index (χ1v) is 5.58. The second-order valence-corrected chi connectivity index (χ2v) is 3.88. The Bertz CT molecular complexity index is 277. The summed E-state index contributed by atoms with van der Waals surface area (Å²) in [5, 5.41) is 2.64. The topological polar surface area (TPSA) is 81.4 Å². The molecule has 86 valence electrons. The van der Waals surface area contributed by atoms with E-state index in [1.54, 1.807) is 6.92 Å². The summed E-state index contributed by atoms with van der Waals surface area (Å²) in [6.07, 6.45) is 0. The Balaban J connectivity index is 4.78. The maximum absolute atomic E-state index is 11.4. The van der Waals surface area contributed by atoms with Crippen molar-refractivity contribution in [2.24, 2.45) is 5.73 Å². The number of thioether (sulfide) groups is 1. The number of nitrogens with two attached hydrogens (primary N) is 1. The molecule has 0 aliphatic carbocycles. The van der Waals surface area contributed by atoms with E-state index in [2.05, 4.69) is 5.32 Å². The van der Waals surface area contributed by atoms with Gasteiger partial charge in [0, 0.05) is 6.92 Å². The van der Waals surface area contributed by atoms with Gasteiger partial charge >= 0.3 is 5.97 Å². The second kappa shape index (κ2) is 7.17. The van der Waals surface area contributed by atoms with Gasteiger partial charge in [-0.05, 0) is 12.7 Å². The van der Waals surface area contributed by atoms with Gasteiger partial charge in [-0.25, -0.2) is 4.79 Å². The Kier molecular flexibility index (Phi) is 6.61. The molecule has 1 amide bonds. The molecule has 0 fully saturated rings. The van der Waals surface area contributed by atoms with Crippen LogP contribution in [-0.2, 0) is 14.3 Å². The number of amides is 1. The molecule has 0 saturated heterocycles. The molecule has 0 aromatic carbocycles. The lowest BCUT2D eigenvalue weighted by Gasteiger charge is -2.10. The zero-order valence-corrected chi connectivity index (χ0v) is 9.94. The summed E-state index contributed by atoms with van der Waals surface area (Å²) in [6.45, 7) is 5.13. The van der Waals surface area contributed by atoms with E-state index in [-0.39, 0.29) is 23.2 Å². The normalized spacial score (nSPS) is 11.7. The Morgan fingerprint density at radius 1 is 1.40 bits per heavy atom. The third kappa shape index (κ3) is 5.31. The molecular weight excluding hydrogens is 216 g/mol. The maximum atomic E-state index is 11.4. The summed E-state index contributed by atoms with van der Waals surface area (Å²) in [7, 11) is 0. The van der Waals surface area contributed by atoms with Crippen molar-refractivity contribution in [2.75, 3.05) is 12.4 Å². The van der Waals surface area contributed by atoms with E-state index in [1.807, 2.05) is 6.92 Å². The van der Waals surface area contributed by atoms with E-state index in [0.717, 1.165) is 0 Å². The van der Waals surface area contributed by atoms with Crippen LogP contribution in [0.5, 0.6) is 0 Å². The zero-order chi connectivity index (χ0) is 11.8. The summed E-state index contributed by atoms with van der Waals surface area (Å²) in [5.41, 5.74) is 5.66. The van der Waals surface area contributed by atoms with E-state index in [0.29, 0.717) is 5.75 Å². The van der Waals surface area contributed by atoms with Crippen LogP contribution in [0.15, 0.2) is 10.7 Å². The van der Waals surface area contributed by atoms with E-state index >= 15 is 0 Å². The van der Waals surface area contributed by atoms with Crippen molar-refractivity contribution in [3.63, 3.8) is 0 Å². The van der Waals surface area contributed by atoms with Crippen LogP contribution in [0.25, 0.3) is 0 Å². The van der Waals surface area contributed by atoms with Crippen molar-refractivity contribution in [2.45, 2.75) is 20.8 Å². The fourth-order valence-corrected chi connectivity index (χ4v) is 1.41. The first-order valence-electron chi connectivity index (χ1n) is 4.60. The van der Waals surface area contributed by atoms with Crippen LogP contribution in [0.3, 0.4) is 0 Å². The Hall–Kier alpha value is -1.17. The van der Waals surface area contributed by atoms with Gasteiger partial charge in [0.15, 0.2) is 5.70 Å². The monoisotopic (exact) mass is 232 g/mol. The number of hydrogen-bond acceptors (Lipinski definition) is 5. The van der Waals surface area contributed by atoms with Crippen LogP contribution in [0.1, 0.15) is 20.8 Å². The van der Waals surface area contributed by atoms with Crippen LogP contribution < -0.4 is 11.1 Å². The highest BCUT2D eigenvalue weighted by Gasteiger charge is 2.16. The molecular formula is C9H16N2O3S. The van der Waals surface area contributed by atoms with Crippen LogP contribution >= 0.6 is 11.8 Å². The van der Waals surface area contributed by atoms with Gasteiger partial charge in [-0.1, -0.05) is 6.92 Å². The smallest absolute Gasteiger partial charge is 0.357 e. The first kappa shape index (κ1) is 13.8. The second-order valence-electron chi connectivity index (χ2n) is 2.57. The molecule has 15 heavy (non-hydrogen) atoms. The van der Waals surface area contributed by atoms with Crippen molar-refractivity contribution in [3.8, 4) is 0 Å². The SMILES string of the molecule is CCOC(=O)/C(NC(C)=O)=C(/N)SCC. The number of carbonyl (C=O) groups is 2. The fourth-order valence-electron chi connectivity index (χ4n) is 0.820. The molecule has 0 saturated carbocycles. The lowest BCUT2D eigenvalue weighted by molar-refractivity contribution is -0.140. The van der Waals surface area contributed by atoms with E-state index in [4.69, 9.17) is 10.5 Å². The van der Waals surface area contributed by atoms with Crippen LogP contribution in [-0.4, -0.2) is 24.2 Å². The highest BCUT2D eigenvalue weighted by atomic mass is 32.2. The molecule has 0 aromatic rings. The van der Waals surface area contributed by atoms with Gasteiger partial charge in [0.05, 0.1) is 11.6 Å². The Morgan fingerprint density at radius 3 is 2.40 bits per heavy atom. The third-order valence-corrected chi connectivity index (χ3v) is 2.13. The van der Waals surface area contributed by atoms with Crippen molar-refractivity contribution in [3.05, 3.63) is 10.7 Å². The molecule has 0 atom stereocenters. The summed E-state index contributed by atoms with van der Waals surface area (Å²) < 4.78 is 4.77. The van der Waals surface area contributed by atoms with Gasteiger partial charge in [-0.2, -0.15) is 0 Å². The molecule has 0 rings (SSSR count). The predicted octanol–water partition coefficient (Wildman–Crippen LogP) is 0.567. The van der Waals surface area contributed by atoms with Crippen LogP contribution in [0, 0.1) is 0 Å². The van der Waals surface area contributed by atoms with E-state index < -0.39 is 5.97 Å². The van der Waals surface area contributed by atoms with E-state index in [1.165, 1.54) is 18.7 Å². The summed E-state index contributed by atoms with van der Waals surface area (Å²) in [6, 6.07) is 0.